The summed E-state index contributed by atoms with van der Waals surface area (Å²) < 4.78 is 10.8. The van der Waals surface area contributed by atoms with Crippen LogP contribution in [0.25, 0.3) is 11.3 Å². The van der Waals surface area contributed by atoms with E-state index in [9.17, 15) is 4.79 Å². The zero-order chi connectivity index (χ0) is 17.9. The van der Waals surface area contributed by atoms with Gasteiger partial charge in [0.1, 0.15) is 0 Å². The molecule has 26 heavy (non-hydrogen) atoms. The molecule has 0 saturated heterocycles. The Bertz CT molecular complexity index is 909. The zero-order valence-electron chi connectivity index (χ0n) is 14.7. The summed E-state index contributed by atoms with van der Waals surface area (Å²) in [6.45, 7) is 3.26. The molecule has 6 heteroatoms. The summed E-state index contributed by atoms with van der Waals surface area (Å²) in [6, 6.07) is 10.2. The van der Waals surface area contributed by atoms with Crippen molar-refractivity contribution < 1.29 is 13.9 Å². The van der Waals surface area contributed by atoms with E-state index >= 15 is 0 Å². The van der Waals surface area contributed by atoms with Crippen LogP contribution in [-0.4, -0.2) is 22.7 Å². The number of amides is 1. The first-order chi connectivity index (χ1) is 12.7. The Morgan fingerprint density at radius 1 is 1.31 bits per heavy atom. The molecular weight excluding hydrogens is 330 g/mol. The number of anilines is 1. The first-order valence-corrected chi connectivity index (χ1v) is 8.87. The van der Waals surface area contributed by atoms with Gasteiger partial charge in [-0.05, 0) is 17.5 Å². The number of H-pyrrole nitrogens is 1. The molecule has 0 saturated carbocycles. The smallest absolute Gasteiger partial charge is 0.292 e. The van der Waals surface area contributed by atoms with Gasteiger partial charge in [-0.3, -0.25) is 9.89 Å². The summed E-state index contributed by atoms with van der Waals surface area (Å²) in [6.07, 6.45) is 4.48. The Morgan fingerprint density at radius 2 is 2.15 bits per heavy atom. The number of ether oxygens (including phenoxy) is 1. The van der Waals surface area contributed by atoms with Gasteiger partial charge in [0.2, 0.25) is 0 Å². The summed E-state index contributed by atoms with van der Waals surface area (Å²) in [5, 5.41) is 9.96. The number of nitrogens with one attached hydrogen (secondary N) is 2. The van der Waals surface area contributed by atoms with Crippen LogP contribution in [0, 0.1) is 0 Å². The number of fused-ring (bicyclic) bond motifs is 1. The highest BCUT2D eigenvalue weighted by Crippen LogP contribution is 2.25. The molecule has 1 aliphatic heterocycles. The SMILES string of the molecule is CCCc1ccc(-c2cc(NC(=O)c3occ4c3CCOC4)n[nH]2)cc1. The van der Waals surface area contributed by atoms with E-state index in [1.807, 2.05) is 6.07 Å². The second kappa shape index (κ2) is 7.17. The van der Waals surface area contributed by atoms with Gasteiger partial charge in [0, 0.05) is 23.6 Å². The van der Waals surface area contributed by atoms with Crippen LogP contribution in [0.15, 0.2) is 41.0 Å². The molecule has 4 rings (SSSR count). The molecule has 0 aliphatic carbocycles. The summed E-state index contributed by atoms with van der Waals surface area (Å²) in [7, 11) is 0. The molecule has 0 atom stereocenters. The van der Waals surface area contributed by atoms with Gasteiger partial charge in [0.15, 0.2) is 11.6 Å². The fourth-order valence-corrected chi connectivity index (χ4v) is 3.21. The van der Waals surface area contributed by atoms with Crippen LogP contribution in [0.5, 0.6) is 0 Å². The first-order valence-electron chi connectivity index (χ1n) is 8.87. The number of aryl methyl sites for hydroxylation is 1. The lowest BCUT2D eigenvalue weighted by Crippen LogP contribution is -2.16. The highest BCUT2D eigenvalue weighted by Gasteiger charge is 2.23. The minimum absolute atomic E-state index is 0.288. The second-order valence-electron chi connectivity index (χ2n) is 6.44. The van der Waals surface area contributed by atoms with E-state index in [1.54, 1.807) is 6.26 Å². The number of carbonyl (C=O) groups is 1. The number of aromatic nitrogens is 2. The lowest BCUT2D eigenvalue weighted by molar-refractivity contribution is 0.0988. The van der Waals surface area contributed by atoms with Crippen LogP contribution in [-0.2, 0) is 24.2 Å². The average molecular weight is 351 g/mol. The van der Waals surface area contributed by atoms with Crippen LogP contribution >= 0.6 is 0 Å². The number of carbonyl (C=O) groups excluding carboxylic acids is 1. The van der Waals surface area contributed by atoms with Gasteiger partial charge in [-0.25, -0.2) is 0 Å². The average Bonchev–Trinajstić information content (AvgIpc) is 3.29. The van der Waals surface area contributed by atoms with Gasteiger partial charge in [-0.2, -0.15) is 5.10 Å². The summed E-state index contributed by atoms with van der Waals surface area (Å²) >= 11 is 0. The normalized spacial score (nSPS) is 13.4. The maximum absolute atomic E-state index is 12.5. The Balaban J connectivity index is 1.48. The van der Waals surface area contributed by atoms with Crippen molar-refractivity contribution in [2.45, 2.75) is 32.8 Å². The fraction of sp³-hybridized carbons (Fsp3) is 0.300. The molecule has 0 spiro atoms. The van der Waals surface area contributed by atoms with E-state index in [1.165, 1.54) is 5.56 Å². The van der Waals surface area contributed by atoms with Crippen LogP contribution in [0.4, 0.5) is 5.82 Å². The van der Waals surface area contributed by atoms with Crippen LogP contribution < -0.4 is 5.32 Å². The molecule has 6 nitrogen and oxygen atoms in total. The minimum Gasteiger partial charge on any atom is -0.458 e. The molecule has 3 heterocycles. The molecule has 1 aromatic carbocycles. The van der Waals surface area contributed by atoms with Crippen molar-refractivity contribution in [2.75, 3.05) is 11.9 Å². The fourth-order valence-electron chi connectivity index (χ4n) is 3.21. The standard InChI is InChI=1S/C20H21N3O3/c1-2-3-13-4-6-14(7-5-13)17-10-18(23-22-17)21-20(24)19-16-8-9-25-11-15(16)12-26-19/h4-7,10,12H,2-3,8-9,11H2,1H3,(H2,21,22,23,24). The van der Waals surface area contributed by atoms with Gasteiger partial charge in [-0.1, -0.05) is 37.6 Å². The quantitative estimate of drug-likeness (QED) is 0.729. The number of furan rings is 1. The van der Waals surface area contributed by atoms with Crippen molar-refractivity contribution in [2.24, 2.45) is 0 Å². The number of rotatable bonds is 5. The third-order valence-corrected chi connectivity index (χ3v) is 4.56. The Morgan fingerprint density at radius 3 is 2.96 bits per heavy atom. The largest absolute Gasteiger partial charge is 0.458 e. The van der Waals surface area contributed by atoms with E-state index in [4.69, 9.17) is 9.15 Å². The lowest BCUT2D eigenvalue weighted by atomic mass is 10.1. The highest BCUT2D eigenvalue weighted by atomic mass is 16.5. The Kier molecular flexibility index (Phi) is 4.58. The minimum atomic E-state index is -0.288. The first kappa shape index (κ1) is 16.6. The predicted molar refractivity (Wildman–Crippen MR) is 98.0 cm³/mol. The topological polar surface area (TPSA) is 80.2 Å². The Hall–Kier alpha value is -2.86. The molecule has 1 amide bonds. The summed E-state index contributed by atoms with van der Waals surface area (Å²) in [5.74, 6) is 0.529. The molecule has 2 N–H and O–H groups in total. The van der Waals surface area contributed by atoms with Crippen LogP contribution in [0.1, 0.15) is 40.6 Å². The number of hydrogen-bond acceptors (Lipinski definition) is 4. The van der Waals surface area contributed by atoms with Gasteiger partial charge in [0.05, 0.1) is 25.2 Å². The number of hydrogen-bond donors (Lipinski definition) is 2. The molecule has 1 aliphatic rings. The van der Waals surface area contributed by atoms with Crippen molar-refractivity contribution in [3.05, 3.63) is 59.0 Å². The third kappa shape index (κ3) is 3.28. The van der Waals surface area contributed by atoms with E-state index in [-0.39, 0.29) is 5.91 Å². The van der Waals surface area contributed by atoms with E-state index in [0.29, 0.717) is 31.2 Å². The molecule has 2 aromatic heterocycles. The van der Waals surface area contributed by atoms with Gasteiger partial charge < -0.3 is 14.5 Å². The Labute approximate surface area is 151 Å². The van der Waals surface area contributed by atoms with Gasteiger partial charge in [0.25, 0.3) is 5.91 Å². The number of aromatic amines is 1. The maximum Gasteiger partial charge on any atom is 0.292 e. The third-order valence-electron chi connectivity index (χ3n) is 4.56. The maximum atomic E-state index is 12.5. The molecule has 3 aromatic rings. The van der Waals surface area contributed by atoms with Gasteiger partial charge in [-0.15, -0.1) is 0 Å². The second-order valence-corrected chi connectivity index (χ2v) is 6.44. The molecule has 134 valence electrons. The highest BCUT2D eigenvalue weighted by molar-refractivity contribution is 6.03. The number of nitrogens with zero attached hydrogens (tertiary/aromatic N) is 1. The van der Waals surface area contributed by atoms with Crippen molar-refractivity contribution in [3.63, 3.8) is 0 Å². The van der Waals surface area contributed by atoms with E-state index < -0.39 is 0 Å². The molecule has 0 radical (unpaired) electrons. The summed E-state index contributed by atoms with van der Waals surface area (Å²) in [5.41, 5.74) is 5.08. The molecule has 0 unspecified atom stereocenters. The predicted octanol–water partition coefficient (Wildman–Crippen LogP) is 3.95. The molecular formula is C20H21N3O3. The van der Waals surface area contributed by atoms with Crippen molar-refractivity contribution in [3.8, 4) is 11.3 Å². The summed E-state index contributed by atoms with van der Waals surface area (Å²) in [4.78, 5) is 12.5. The molecule has 0 bridgehead atoms. The lowest BCUT2D eigenvalue weighted by Gasteiger charge is -2.11. The van der Waals surface area contributed by atoms with E-state index in [2.05, 4.69) is 46.7 Å². The monoisotopic (exact) mass is 351 g/mol. The zero-order valence-corrected chi connectivity index (χ0v) is 14.7. The van der Waals surface area contributed by atoms with Crippen molar-refractivity contribution in [1.82, 2.24) is 10.2 Å². The molecule has 0 fully saturated rings. The van der Waals surface area contributed by atoms with E-state index in [0.717, 1.165) is 35.2 Å². The van der Waals surface area contributed by atoms with Crippen LogP contribution in [0.2, 0.25) is 0 Å². The van der Waals surface area contributed by atoms with Crippen LogP contribution in [0.3, 0.4) is 0 Å². The van der Waals surface area contributed by atoms with Crippen molar-refractivity contribution >= 4 is 11.7 Å². The van der Waals surface area contributed by atoms with Crippen molar-refractivity contribution in [1.29, 1.82) is 0 Å². The van der Waals surface area contributed by atoms with Gasteiger partial charge >= 0.3 is 0 Å². The number of benzene rings is 1.